The third-order valence-corrected chi connectivity index (χ3v) is 5.90. The fourth-order valence-corrected chi connectivity index (χ4v) is 4.24. The first kappa shape index (κ1) is 18.4. The summed E-state index contributed by atoms with van der Waals surface area (Å²) in [6, 6.07) is 11.6. The normalized spacial score (nSPS) is 11.4. The fraction of sp³-hybridized carbons (Fsp3) is 0.190. The lowest BCUT2D eigenvalue weighted by Crippen LogP contribution is -2.26. The summed E-state index contributed by atoms with van der Waals surface area (Å²) in [6.45, 7) is 4.27. The Bertz CT molecular complexity index is 1380. The molecule has 0 radical (unpaired) electrons. The number of aromatic nitrogens is 5. The standard InChI is InChI=1S/C21H18N6O2S/c1-12-6-7-16(30-12)15-11-14(19-13(2)26-29-21(19)23-15)20(28)22-9-8-18-25-24-17-5-3-4-10-27(17)18/h3-7,10-11H,8-9H2,1-2H3,(H,22,28). The second kappa shape index (κ2) is 7.34. The zero-order chi connectivity index (χ0) is 20.7. The quantitative estimate of drug-likeness (QED) is 0.468. The van der Waals surface area contributed by atoms with Gasteiger partial charge in [-0.1, -0.05) is 11.2 Å². The number of amides is 1. The average molecular weight is 418 g/mol. The van der Waals surface area contributed by atoms with Gasteiger partial charge in [0.2, 0.25) is 0 Å². The molecular formula is C21H18N6O2S. The maximum absolute atomic E-state index is 13.0. The van der Waals surface area contributed by atoms with Crippen molar-refractivity contribution in [3.63, 3.8) is 0 Å². The van der Waals surface area contributed by atoms with Gasteiger partial charge in [0, 0.05) is 24.0 Å². The molecule has 0 bridgehead atoms. The molecule has 5 rings (SSSR count). The van der Waals surface area contributed by atoms with E-state index in [-0.39, 0.29) is 5.91 Å². The third kappa shape index (κ3) is 3.22. The van der Waals surface area contributed by atoms with Crippen LogP contribution in [0.1, 0.15) is 26.8 Å². The molecule has 1 N–H and O–H groups in total. The maximum Gasteiger partial charge on any atom is 0.259 e. The predicted octanol–water partition coefficient (Wildman–Crippen LogP) is 3.58. The van der Waals surface area contributed by atoms with Crippen molar-refractivity contribution in [1.29, 1.82) is 0 Å². The lowest BCUT2D eigenvalue weighted by molar-refractivity contribution is 0.0955. The van der Waals surface area contributed by atoms with Crippen LogP contribution >= 0.6 is 11.3 Å². The Balaban J connectivity index is 1.41. The van der Waals surface area contributed by atoms with Crippen LogP contribution in [0.4, 0.5) is 0 Å². The van der Waals surface area contributed by atoms with Crippen molar-refractivity contribution >= 4 is 34.0 Å². The van der Waals surface area contributed by atoms with Gasteiger partial charge in [0.05, 0.1) is 27.2 Å². The summed E-state index contributed by atoms with van der Waals surface area (Å²) in [5.41, 5.74) is 2.99. The SMILES string of the molecule is Cc1ccc(-c2cc(C(=O)NCCc3nnc4ccccn34)c3c(C)noc3n2)s1. The van der Waals surface area contributed by atoms with Gasteiger partial charge in [0.15, 0.2) is 5.65 Å². The summed E-state index contributed by atoms with van der Waals surface area (Å²) >= 11 is 1.62. The van der Waals surface area contributed by atoms with Gasteiger partial charge in [-0.3, -0.25) is 9.20 Å². The van der Waals surface area contributed by atoms with Crippen molar-refractivity contribution in [1.82, 2.24) is 30.1 Å². The summed E-state index contributed by atoms with van der Waals surface area (Å²) in [5.74, 6) is 0.596. The van der Waals surface area contributed by atoms with Crippen molar-refractivity contribution in [3.05, 3.63) is 64.6 Å². The van der Waals surface area contributed by atoms with E-state index in [0.717, 1.165) is 16.3 Å². The minimum atomic E-state index is -0.197. The van der Waals surface area contributed by atoms with Gasteiger partial charge in [-0.25, -0.2) is 4.98 Å². The van der Waals surface area contributed by atoms with Crippen molar-refractivity contribution < 1.29 is 9.32 Å². The molecule has 0 atom stereocenters. The Morgan fingerprint density at radius 3 is 2.93 bits per heavy atom. The highest BCUT2D eigenvalue weighted by Gasteiger charge is 2.20. The first-order valence-electron chi connectivity index (χ1n) is 9.51. The van der Waals surface area contributed by atoms with Crippen LogP contribution in [0.15, 0.2) is 47.1 Å². The van der Waals surface area contributed by atoms with Crippen LogP contribution in [0.3, 0.4) is 0 Å². The molecule has 5 aromatic rings. The highest BCUT2D eigenvalue weighted by molar-refractivity contribution is 7.15. The zero-order valence-electron chi connectivity index (χ0n) is 16.4. The molecule has 1 amide bonds. The molecule has 5 heterocycles. The molecule has 5 aromatic heterocycles. The molecule has 9 heteroatoms. The van der Waals surface area contributed by atoms with Crippen LogP contribution in [0.5, 0.6) is 0 Å². The molecule has 8 nitrogen and oxygen atoms in total. The second-order valence-corrected chi connectivity index (χ2v) is 8.25. The molecular weight excluding hydrogens is 400 g/mol. The summed E-state index contributed by atoms with van der Waals surface area (Å²) in [7, 11) is 0. The number of fused-ring (bicyclic) bond motifs is 2. The van der Waals surface area contributed by atoms with E-state index in [1.54, 1.807) is 17.4 Å². The maximum atomic E-state index is 13.0. The van der Waals surface area contributed by atoms with Crippen LogP contribution < -0.4 is 5.32 Å². The summed E-state index contributed by atoms with van der Waals surface area (Å²) in [4.78, 5) is 19.8. The topological polar surface area (TPSA) is 98.2 Å². The van der Waals surface area contributed by atoms with Crippen molar-refractivity contribution in [2.24, 2.45) is 0 Å². The smallest absolute Gasteiger partial charge is 0.259 e. The minimum Gasteiger partial charge on any atom is -0.352 e. The molecule has 30 heavy (non-hydrogen) atoms. The van der Waals surface area contributed by atoms with E-state index in [2.05, 4.69) is 25.7 Å². The number of nitrogens with one attached hydrogen (secondary N) is 1. The number of thiophene rings is 1. The molecule has 0 unspecified atom stereocenters. The average Bonchev–Trinajstić information content (AvgIpc) is 3.47. The van der Waals surface area contributed by atoms with Gasteiger partial charge in [-0.05, 0) is 44.2 Å². The monoisotopic (exact) mass is 418 g/mol. The van der Waals surface area contributed by atoms with E-state index < -0.39 is 0 Å². The molecule has 150 valence electrons. The molecule has 0 aromatic carbocycles. The largest absolute Gasteiger partial charge is 0.352 e. The lowest BCUT2D eigenvalue weighted by atomic mass is 10.1. The third-order valence-electron chi connectivity index (χ3n) is 4.87. The molecule has 0 saturated heterocycles. The van der Waals surface area contributed by atoms with Crippen molar-refractivity contribution in [2.75, 3.05) is 6.54 Å². The van der Waals surface area contributed by atoms with Crippen molar-refractivity contribution in [2.45, 2.75) is 20.3 Å². The number of hydrogen-bond donors (Lipinski definition) is 1. The summed E-state index contributed by atoms with van der Waals surface area (Å²) in [6.07, 6.45) is 2.47. The second-order valence-electron chi connectivity index (χ2n) is 6.96. The Hall–Kier alpha value is -3.59. The van der Waals surface area contributed by atoms with Gasteiger partial charge in [-0.2, -0.15) is 0 Å². The van der Waals surface area contributed by atoms with Gasteiger partial charge in [0.1, 0.15) is 5.82 Å². The number of carbonyl (C=O) groups excluding carboxylic acids is 1. The minimum absolute atomic E-state index is 0.197. The van der Waals surface area contributed by atoms with E-state index in [1.165, 1.54) is 4.88 Å². The Morgan fingerprint density at radius 2 is 2.10 bits per heavy atom. The van der Waals surface area contributed by atoms with Crippen molar-refractivity contribution in [3.8, 4) is 10.6 Å². The molecule has 0 saturated carbocycles. The molecule has 0 aliphatic rings. The number of carbonyl (C=O) groups is 1. The van der Waals surface area contributed by atoms with E-state index in [0.29, 0.717) is 41.0 Å². The Kier molecular flexibility index (Phi) is 4.51. The number of hydrogen-bond acceptors (Lipinski definition) is 7. The molecule has 0 aliphatic heterocycles. The number of aryl methyl sites for hydroxylation is 2. The fourth-order valence-electron chi connectivity index (χ4n) is 3.42. The van der Waals surface area contributed by atoms with Gasteiger partial charge in [-0.15, -0.1) is 21.5 Å². The molecule has 0 fully saturated rings. The van der Waals surface area contributed by atoms with E-state index in [1.807, 2.05) is 54.8 Å². The summed E-state index contributed by atoms with van der Waals surface area (Å²) in [5, 5.41) is 16.0. The lowest BCUT2D eigenvalue weighted by Gasteiger charge is -2.07. The van der Waals surface area contributed by atoms with E-state index in [9.17, 15) is 4.79 Å². The van der Waals surface area contributed by atoms with Crippen LogP contribution in [0, 0.1) is 13.8 Å². The summed E-state index contributed by atoms with van der Waals surface area (Å²) < 4.78 is 7.28. The van der Waals surface area contributed by atoms with Gasteiger partial charge in [0.25, 0.3) is 11.6 Å². The number of pyridine rings is 2. The highest BCUT2D eigenvalue weighted by atomic mass is 32.1. The molecule has 0 spiro atoms. The van der Waals surface area contributed by atoms with E-state index in [4.69, 9.17) is 4.52 Å². The Morgan fingerprint density at radius 1 is 1.20 bits per heavy atom. The molecule has 0 aliphatic carbocycles. The zero-order valence-corrected chi connectivity index (χ0v) is 17.2. The van der Waals surface area contributed by atoms with E-state index >= 15 is 0 Å². The Labute approximate surface area is 175 Å². The number of nitrogens with zero attached hydrogens (tertiary/aromatic N) is 5. The van der Waals surface area contributed by atoms with Gasteiger partial charge >= 0.3 is 0 Å². The van der Waals surface area contributed by atoms with Gasteiger partial charge < -0.3 is 9.84 Å². The number of rotatable bonds is 5. The highest BCUT2D eigenvalue weighted by Crippen LogP contribution is 2.31. The van der Waals surface area contributed by atoms with Crippen LogP contribution in [-0.4, -0.2) is 37.2 Å². The van der Waals surface area contributed by atoms with Crippen LogP contribution in [-0.2, 0) is 6.42 Å². The first-order valence-corrected chi connectivity index (χ1v) is 10.3. The first-order chi connectivity index (χ1) is 14.6. The predicted molar refractivity (Wildman–Crippen MR) is 114 cm³/mol. The van der Waals surface area contributed by atoms with Crippen LogP contribution in [0.25, 0.3) is 27.3 Å². The van der Waals surface area contributed by atoms with Crippen LogP contribution in [0.2, 0.25) is 0 Å².